The third-order valence-corrected chi connectivity index (χ3v) is 2.23. The van der Waals surface area contributed by atoms with Crippen LogP contribution in [0.1, 0.15) is 5.56 Å². The standard InChI is InChI=1S/C10H13N5O/c1-7-5-13-15(10(7)16)9-4-8(14(2)3)11-6-12-9/h4-6,16H,1-3H3. The number of aromatic nitrogens is 4. The van der Waals surface area contributed by atoms with Crippen molar-refractivity contribution in [1.82, 2.24) is 19.7 Å². The first-order valence-electron chi connectivity index (χ1n) is 4.83. The lowest BCUT2D eigenvalue weighted by molar-refractivity contribution is 0.428. The van der Waals surface area contributed by atoms with Crippen molar-refractivity contribution in [2.24, 2.45) is 0 Å². The minimum atomic E-state index is 0.100. The zero-order valence-electron chi connectivity index (χ0n) is 9.42. The Kier molecular flexibility index (Phi) is 2.47. The van der Waals surface area contributed by atoms with Gasteiger partial charge < -0.3 is 10.0 Å². The first-order chi connectivity index (χ1) is 7.59. The molecule has 2 aromatic heterocycles. The summed E-state index contributed by atoms with van der Waals surface area (Å²) in [5, 5.41) is 13.8. The smallest absolute Gasteiger partial charge is 0.218 e. The molecule has 0 radical (unpaired) electrons. The summed E-state index contributed by atoms with van der Waals surface area (Å²) in [5.41, 5.74) is 0.713. The van der Waals surface area contributed by atoms with Crippen LogP contribution in [0.2, 0.25) is 0 Å². The summed E-state index contributed by atoms with van der Waals surface area (Å²) >= 11 is 0. The van der Waals surface area contributed by atoms with Crippen LogP contribution < -0.4 is 4.90 Å². The van der Waals surface area contributed by atoms with Gasteiger partial charge in [0, 0.05) is 25.7 Å². The largest absolute Gasteiger partial charge is 0.493 e. The molecule has 6 heteroatoms. The monoisotopic (exact) mass is 219 g/mol. The predicted molar refractivity (Wildman–Crippen MR) is 59.9 cm³/mol. The zero-order valence-corrected chi connectivity index (χ0v) is 9.42. The van der Waals surface area contributed by atoms with Crippen LogP contribution in [0.5, 0.6) is 5.88 Å². The molecule has 0 saturated heterocycles. The lowest BCUT2D eigenvalue weighted by Crippen LogP contribution is -2.12. The van der Waals surface area contributed by atoms with E-state index in [1.807, 2.05) is 19.0 Å². The number of hydrogen-bond donors (Lipinski definition) is 1. The Hall–Kier alpha value is -2.11. The summed E-state index contributed by atoms with van der Waals surface area (Å²) in [6.45, 7) is 1.78. The van der Waals surface area contributed by atoms with Gasteiger partial charge in [0.15, 0.2) is 5.82 Å². The van der Waals surface area contributed by atoms with Crippen molar-refractivity contribution in [3.8, 4) is 11.7 Å². The van der Waals surface area contributed by atoms with Gasteiger partial charge in [-0.2, -0.15) is 9.78 Å². The van der Waals surface area contributed by atoms with Gasteiger partial charge >= 0.3 is 0 Å². The Bertz CT molecular complexity index is 506. The summed E-state index contributed by atoms with van der Waals surface area (Å²) in [6, 6.07) is 1.76. The van der Waals surface area contributed by atoms with Crippen LogP contribution in [0.15, 0.2) is 18.6 Å². The molecule has 2 aromatic rings. The van der Waals surface area contributed by atoms with Gasteiger partial charge in [-0.05, 0) is 6.92 Å². The van der Waals surface area contributed by atoms with Gasteiger partial charge in [0.05, 0.1) is 6.20 Å². The minimum absolute atomic E-state index is 0.100. The first-order valence-corrected chi connectivity index (χ1v) is 4.83. The molecule has 0 atom stereocenters. The van der Waals surface area contributed by atoms with E-state index in [1.165, 1.54) is 11.0 Å². The molecular formula is C10H13N5O. The van der Waals surface area contributed by atoms with Crippen LogP contribution in [0.25, 0.3) is 5.82 Å². The molecule has 2 rings (SSSR count). The van der Waals surface area contributed by atoms with Crippen LogP contribution in [-0.2, 0) is 0 Å². The molecule has 0 aliphatic heterocycles. The van der Waals surface area contributed by atoms with Crippen molar-refractivity contribution in [3.05, 3.63) is 24.2 Å². The van der Waals surface area contributed by atoms with E-state index in [0.29, 0.717) is 11.4 Å². The Morgan fingerprint density at radius 2 is 2.06 bits per heavy atom. The molecule has 0 unspecified atom stereocenters. The number of hydrogen-bond acceptors (Lipinski definition) is 5. The highest BCUT2D eigenvalue weighted by Gasteiger charge is 2.09. The van der Waals surface area contributed by atoms with Crippen LogP contribution in [-0.4, -0.2) is 39.0 Å². The molecule has 2 heterocycles. The van der Waals surface area contributed by atoms with Gasteiger partial charge in [-0.1, -0.05) is 0 Å². The summed E-state index contributed by atoms with van der Waals surface area (Å²) in [5.74, 6) is 1.41. The van der Waals surface area contributed by atoms with Crippen molar-refractivity contribution in [2.75, 3.05) is 19.0 Å². The fraction of sp³-hybridized carbons (Fsp3) is 0.300. The molecule has 6 nitrogen and oxygen atoms in total. The van der Waals surface area contributed by atoms with Crippen molar-refractivity contribution in [3.63, 3.8) is 0 Å². The molecule has 0 amide bonds. The van der Waals surface area contributed by atoms with Crippen molar-refractivity contribution < 1.29 is 5.11 Å². The molecule has 0 aliphatic rings. The first kappa shape index (κ1) is 10.4. The van der Waals surface area contributed by atoms with Gasteiger partial charge in [0.25, 0.3) is 0 Å². The highest BCUT2D eigenvalue weighted by atomic mass is 16.3. The molecule has 0 spiro atoms. The number of aryl methyl sites for hydroxylation is 1. The highest BCUT2D eigenvalue weighted by Crippen LogP contribution is 2.19. The second-order valence-corrected chi connectivity index (χ2v) is 3.69. The second-order valence-electron chi connectivity index (χ2n) is 3.69. The Labute approximate surface area is 93.2 Å². The molecule has 84 valence electrons. The third kappa shape index (κ3) is 1.69. The fourth-order valence-electron chi connectivity index (χ4n) is 1.29. The van der Waals surface area contributed by atoms with E-state index in [9.17, 15) is 5.11 Å². The predicted octanol–water partition coefficient (Wildman–Crippen LogP) is 0.742. The van der Waals surface area contributed by atoms with E-state index >= 15 is 0 Å². The molecule has 0 saturated carbocycles. The van der Waals surface area contributed by atoms with Gasteiger partial charge in [0.1, 0.15) is 12.1 Å². The van der Waals surface area contributed by atoms with E-state index < -0.39 is 0 Å². The van der Waals surface area contributed by atoms with Gasteiger partial charge in [-0.3, -0.25) is 0 Å². The molecule has 1 N–H and O–H groups in total. The summed E-state index contributed by atoms with van der Waals surface area (Å²) in [6.07, 6.45) is 3.04. The molecule has 0 bridgehead atoms. The molecule has 0 aromatic carbocycles. The lowest BCUT2D eigenvalue weighted by Gasteiger charge is -2.11. The quantitative estimate of drug-likeness (QED) is 0.807. The van der Waals surface area contributed by atoms with Crippen molar-refractivity contribution in [1.29, 1.82) is 0 Å². The summed E-state index contributed by atoms with van der Waals surface area (Å²) in [4.78, 5) is 10.0. The number of rotatable bonds is 2. The molecule has 0 fully saturated rings. The third-order valence-electron chi connectivity index (χ3n) is 2.23. The topological polar surface area (TPSA) is 67.1 Å². The second kappa shape index (κ2) is 3.80. The van der Waals surface area contributed by atoms with Crippen LogP contribution in [0, 0.1) is 6.92 Å². The average Bonchev–Trinajstić information content (AvgIpc) is 2.60. The van der Waals surface area contributed by atoms with Crippen molar-refractivity contribution in [2.45, 2.75) is 6.92 Å². The van der Waals surface area contributed by atoms with E-state index in [-0.39, 0.29) is 5.88 Å². The Balaban J connectivity index is 2.48. The maximum absolute atomic E-state index is 9.75. The normalized spacial score (nSPS) is 10.4. The molecule has 0 aliphatic carbocycles. The number of anilines is 1. The zero-order chi connectivity index (χ0) is 11.7. The SMILES string of the molecule is Cc1cnn(-c2cc(N(C)C)ncn2)c1O. The number of nitrogens with zero attached hydrogens (tertiary/aromatic N) is 5. The van der Waals surface area contributed by atoms with E-state index in [1.54, 1.807) is 19.2 Å². The molecular weight excluding hydrogens is 206 g/mol. The Morgan fingerprint density at radius 3 is 2.62 bits per heavy atom. The van der Waals surface area contributed by atoms with E-state index in [2.05, 4.69) is 15.1 Å². The van der Waals surface area contributed by atoms with Crippen molar-refractivity contribution >= 4 is 5.82 Å². The van der Waals surface area contributed by atoms with E-state index in [4.69, 9.17) is 0 Å². The average molecular weight is 219 g/mol. The van der Waals surface area contributed by atoms with Gasteiger partial charge in [-0.25, -0.2) is 9.97 Å². The van der Waals surface area contributed by atoms with Crippen LogP contribution in [0.4, 0.5) is 5.82 Å². The highest BCUT2D eigenvalue weighted by molar-refractivity contribution is 5.43. The van der Waals surface area contributed by atoms with Gasteiger partial charge in [0.2, 0.25) is 5.88 Å². The minimum Gasteiger partial charge on any atom is -0.493 e. The molecule has 16 heavy (non-hydrogen) atoms. The summed E-state index contributed by atoms with van der Waals surface area (Å²) in [7, 11) is 3.78. The van der Waals surface area contributed by atoms with Gasteiger partial charge in [-0.15, -0.1) is 0 Å². The maximum atomic E-state index is 9.75. The Morgan fingerprint density at radius 1 is 1.31 bits per heavy atom. The fourth-order valence-corrected chi connectivity index (χ4v) is 1.29. The van der Waals surface area contributed by atoms with E-state index in [0.717, 1.165) is 5.82 Å². The summed E-state index contributed by atoms with van der Waals surface area (Å²) < 4.78 is 1.38. The van der Waals surface area contributed by atoms with Crippen LogP contribution >= 0.6 is 0 Å². The lowest BCUT2D eigenvalue weighted by atomic mass is 10.4. The number of aromatic hydroxyl groups is 1. The van der Waals surface area contributed by atoms with Crippen LogP contribution in [0.3, 0.4) is 0 Å². The maximum Gasteiger partial charge on any atom is 0.218 e.